The fourth-order valence-corrected chi connectivity index (χ4v) is 2.04. The van der Waals surface area contributed by atoms with Gasteiger partial charge in [-0.1, -0.05) is 12.8 Å². The van der Waals surface area contributed by atoms with Crippen molar-refractivity contribution in [1.82, 2.24) is 5.32 Å². The Labute approximate surface area is 83.0 Å². The van der Waals surface area contributed by atoms with Gasteiger partial charge in [-0.3, -0.25) is 9.59 Å². The number of nitrogens with one attached hydrogen (secondary N) is 1. The molecule has 14 heavy (non-hydrogen) atoms. The van der Waals surface area contributed by atoms with E-state index >= 15 is 0 Å². The van der Waals surface area contributed by atoms with E-state index in [-0.39, 0.29) is 23.8 Å². The standard InChI is InChI=1S/C10H15NO3/c1-14-10(13)7-5-9(12)11-8(7)4-6-2-3-6/h6-8H,2-5H2,1H3,(H,11,12). The molecule has 2 fully saturated rings. The van der Waals surface area contributed by atoms with Gasteiger partial charge in [0.05, 0.1) is 13.0 Å². The fraction of sp³-hybridized carbons (Fsp3) is 0.800. The largest absolute Gasteiger partial charge is 0.469 e. The lowest BCUT2D eigenvalue weighted by Crippen LogP contribution is -2.33. The quantitative estimate of drug-likeness (QED) is 0.669. The Morgan fingerprint density at radius 2 is 2.29 bits per heavy atom. The summed E-state index contributed by atoms with van der Waals surface area (Å²) in [5, 5.41) is 2.85. The molecular weight excluding hydrogens is 182 g/mol. The molecule has 1 amide bonds. The second kappa shape index (κ2) is 3.59. The van der Waals surface area contributed by atoms with Gasteiger partial charge in [-0.25, -0.2) is 0 Å². The Kier molecular flexibility index (Phi) is 2.44. The third-order valence-electron chi connectivity index (χ3n) is 3.03. The van der Waals surface area contributed by atoms with Crippen molar-refractivity contribution < 1.29 is 14.3 Å². The fourth-order valence-electron chi connectivity index (χ4n) is 2.04. The normalized spacial score (nSPS) is 31.4. The van der Waals surface area contributed by atoms with Crippen LogP contribution in [0.2, 0.25) is 0 Å². The molecule has 1 N–H and O–H groups in total. The van der Waals surface area contributed by atoms with Crippen LogP contribution in [0, 0.1) is 11.8 Å². The first kappa shape index (κ1) is 9.49. The van der Waals surface area contributed by atoms with E-state index < -0.39 is 0 Å². The second-order valence-electron chi connectivity index (χ2n) is 4.19. The first-order valence-corrected chi connectivity index (χ1v) is 5.08. The maximum atomic E-state index is 11.4. The molecular formula is C10H15NO3. The van der Waals surface area contributed by atoms with Crippen LogP contribution >= 0.6 is 0 Å². The Hall–Kier alpha value is -1.06. The molecule has 4 nitrogen and oxygen atoms in total. The summed E-state index contributed by atoms with van der Waals surface area (Å²) in [5.74, 6) is 0.179. The van der Waals surface area contributed by atoms with E-state index in [2.05, 4.69) is 10.1 Å². The van der Waals surface area contributed by atoms with Crippen LogP contribution in [0.5, 0.6) is 0 Å². The average Bonchev–Trinajstić information content (AvgIpc) is 2.89. The summed E-state index contributed by atoms with van der Waals surface area (Å²) in [6, 6.07) is 0.0162. The molecule has 0 aromatic heterocycles. The molecule has 1 heterocycles. The molecule has 2 aliphatic rings. The Morgan fingerprint density at radius 1 is 1.57 bits per heavy atom. The number of hydrogen-bond acceptors (Lipinski definition) is 3. The molecule has 2 atom stereocenters. The van der Waals surface area contributed by atoms with Gasteiger partial charge in [-0.2, -0.15) is 0 Å². The molecule has 0 radical (unpaired) electrons. The smallest absolute Gasteiger partial charge is 0.311 e. The van der Waals surface area contributed by atoms with Crippen molar-refractivity contribution >= 4 is 11.9 Å². The number of carbonyl (C=O) groups excluding carboxylic acids is 2. The van der Waals surface area contributed by atoms with E-state index in [1.807, 2.05) is 0 Å². The summed E-state index contributed by atoms with van der Waals surface area (Å²) >= 11 is 0. The van der Waals surface area contributed by atoms with Crippen molar-refractivity contribution in [2.24, 2.45) is 11.8 Å². The van der Waals surface area contributed by atoms with E-state index in [0.29, 0.717) is 12.3 Å². The van der Waals surface area contributed by atoms with Gasteiger partial charge in [0.1, 0.15) is 0 Å². The van der Waals surface area contributed by atoms with Crippen molar-refractivity contribution in [3.05, 3.63) is 0 Å². The van der Waals surface area contributed by atoms with Crippen LogP contribution in [0.1, 0.15) is 25.7 Å². The van der Waals surface area contributed by atoms with Crippen LogP contribution in [0.3, 0.4) is 0 Å². The minimum Gasteiger partial charge on any atom is -0.469 e. The van der Waals surface area contributed by atoms with E-state index in [1.54, 1.807) is 0 Å². The number of hydrogen-bond donors (Lipinski definition) is 1. The highest BCUT2D eigenvalue weighted by atomic mass is 16.5. The lowest BCUT2D eigenvalue weighted by molar-refractivity contribution is -0.146. The van der Waals surface area contributed by atoms with Gasteiger partial charge in [0, 0.05) is 12.5 Å². The SMILES string of the molecule is COC(=O)C1CC(=O)NC1CC1CC1. The average molecular weight is 197 g/mol. The number of amides is 1. The van der Waals surface area contributed by atoms with Crippen LogP contribution in [0.25, 0.3) is 0 Å². The van der Waals surface area contributed by atoms with Crippen molar-refractivity contribution in [3.8, 4) is 0 Å². The highest BCUT2D eigenvalue weighted by Crippen LogP contribution is 2.36. The van der Waals surface area contributed by atoms with Crippen LogP contribution < -0.4 is 5.32 Å². The van der Waals surface area contributed by atoms with E-state index in [9.17, 15) is 9.59 Å². The van der Waals surface area contributed by atoms with Gasteiger partial charge in [0.25, 0.3) is 0 Å². The molecule has 1 aliphatic carbocycles. The monoisotopic (exact) mass is 197 g/mol. The van der Waals surface area contributed by atoms with Gasteiger partial charge in [-0.05, 0) is 12.3 Å². The van der Waals surface area contributed by atoms with Crippen molar-refractivity contribution in [2.75, 3.05) is 7.11 Å². The number of rotatable bonds is 3. The molecule has 1 aliphatic heterocycles. The Morgan fingerprint density at radius 3 is 2.86 bits per heavy atom. The highest BCUT2D eigenvalue weighted by Gasteiger charge is 2.40. The zero-order chi connectivity index (χ0) is 10.1. The van der Waals surface area contributed by atoms with Crippen molar-refractivity contribution in [2.45, 2.75) is 31.7 Å². The van der Waals surface area contributed by atoms with Gasteiger partial charge in [-0.15, -0.1) is 0 Å². The third-order valence-corrected chi connectivity index (χ3v) is 3.03. The molecule has 4 heteroatoms. The lowest BCUT2D eigenvalue weighted by atomic mass is 9.96. The summed E-state index contributed by atoms with van der Waals surface area (Å²) in [7, 11) is 1.37. The number of methoxy groups -OCH3 is 1. The van der Waals surface area contributed by atoms with Crippen molar-refractivity contribution in [3.63, 3.8) is 0 Å². The Bertz CT molecular complexity index is 260. The topological polar surface area (TPSA) is 55.4 Å². The van der Waals surface area contributed by atoms with Crippen LogP contribution in [0.4, 0.5) is 0 Å². The summed E-state index contributed by atoms with van der Waals surface area (Å²) < 4.78 is 4.68. The first-order valence-electron chi connectivity index (χ1n) is 5.08. The van der Waals surface area contributed by atoms with Crippen molar-refractivity contribution in [1.29, 1.82) is 0 Å². The molecule has 0 aromatic carbocycles. The van der Waals surface area contributed by atoms with E-state index in [0.717, 1.165) is 6.42 Å². The van der Waals surface area contributed by atoms with Gasteiger partial charge in [0.2, 0.25) is 5.91 Å². The van der Waals surface area contributed by atoms with Crippen LogP contribution in [0.15, 0.2) is 0 Å². The highest BCUT2D eigenvalue weighted by molar-refractivity contribution is 5.87. The maximum Gasteiger partial charge on any atom is 0.311 e. The number of esters is 1. The van der Waals surface area contributed by atoms with Crippen LogP contribution in [-0.2, 0) is 14.3 Å². The third kappa shape index (κ3) is 1.89. The van der Waals surface area contributed by atoms with Gasteiger partial charge >= 0.3 is 5.97 Å². The lowest BCUT2D eigenvalue weighted by Gasteiger charge is -2.15. The maximum absolute atomic E-state index is 11.4. The molecule has 2 rings (SSSR count). The summed E-state index contributed by atoms with van der Waals surface area (Å²) in [6.07, 6.45) is 3.70. The summed E-state index contributed by atoms with van der Waals surface area (Å²) in [5.41, 5.74) is 0. The number of ether oxygens (including phenoxy) is 1. The first-order chi connectivity index (χ1) is 6.70. The summed E-state index contributed by atoms with van der Waals surface area (Å²) in [6.45, 7) is 0. The molecule has 0 spiro atoms. The Balaban J connectivity index is 1.97. The second-order valence-corrected chi connectivity index (χ2v) is 4.19. The minimum atomic E-state index is -0.256. The molecule has 1 saturated carbocycles. The predicted molar refractivity (Wildman–Crippen MR) is 49.4 cm³/mol. The molecule has 1 saturated heterocycles. The zero-order valence-electron chi connectivity index (χ0n) is 8.29. The van der Waals surface area contributed by atoms with E-state index in [4.69, 9.17) is 0 Å². The minimum absolute atomic E-state index is 0.0162. The van der Waals surface area contributed by atoms with E-state index in [1.165, 1.54) is 20.0 Å². The molecule has 0 aromatic rings. The van der Waals surface area contributed by atoms with Crippen LogP contribution in [-0.4, -0.2) is 25.0 Å². The predicted octanol–water partition coefficient (Wildman–Crippen LogP) is 0.464. The molecule has 0 bridgehead atoms. The zero-order valence-corrected chi connectivity index (χ0v) is 8.29. The van der Waals surface area contributed by atoms with Gasteiger partial charge < -0.3 is 10.1 Å². The van der Waals surface area contributed by atoms with Gasteiger partial charge in [0.15, 0.2) is 0 Å². The molecule has 2 unspecified atom stereocenters. The number of carbonyl (C=O) groups is 2. The summed E-state index contributed by atoms with van der Waals surface area (Å²) in [4.78, 5) is 22.5. The molecule has 78 valence electrons.